The molecule has 0 aromatic rings. The Morgan fingerprint density at radius 2 is 2.20 bits per heavy atom. The molecule has 0 heterocycles. The van der Waals surface area contributed by atoms with E-state index in [1.54, 1.807) is 6.08 Å². The number of ether oxygens (including phenoxy) is 1. The summed E-state index contributed by atoms with van der Waals surface area (Å²) in [7, 11) is 0. The van der Waals surface area contributed by atoms with Gasteiger partial charge < -0.3 is 10.1 Å². The minimum absolute atomic E-state index is 0.152. The van der Waals surface area contributed by atoms with Crippen LogP contribution in [-0.2, 0) is 9.53 Å². The van der Waals surface area contributed by atoms with Gasteiger partial charge in [-0.05, 0) is 19.3 Å². The molecule has 0 saturated carbocycles. The molecule has 3 nitrogen and oxygen atoms in total. The monoisotopic (exact) mass is 213 g/mol. The second-order valence-electron chi connectivity index (χ2n) is 3.69. The van der Waals surface area contributed by atoms with Crippen molar-refractivity contribution in [2.24, 2.45) is 5.92 Å². The smallest absolute Gasteiger partial charge is 0.323 e. The second-order valence-corrected chi connectivity index (χ2v) is 3.69. The lowest BCUT2D eigenvalue weighted by atomic mass is 9.97. The Morgan fingerprint density at radius 3 is 2.67 bits per heavy atom. The van der Waals surface area contributed by atoms with Gasteiger partial charge in [-0.25, -0.2) is 0 Å². The largest absolute Gasteiger partial charge is 0.465 e. The molecule has 0 bridgehead atoms. The normalized spacial score (nSPS) is 14.3. The first-order valence-electron chi connectivity index (χ1n) is 5.68. The Morgan fingerprint density at radius 1 is 1.53 bits per heavy atom. The predicted molar refractivity (Wildman–Crippen MR) is 62.7 cm³/mol. The van der Waals surface area contributed by atoms with E-state index in [0.717, 1.165) is 12.8 Å². The first kappa shape index (κ1) is 14.2. The third-order valence-corrected chi connectivity index (χ3v) is 2.34. The highest BCUT2D eigenvalue weighted by Gasteiger charge is 2.24. The fourth-order valence-corrected chi connectivity index (χ4v) is 1.58. The number of carbonyl (C=O) groups is 1. The Kier molecular flexibility index (Phi) is 8.01. The van der Waals surface area contributed by atoms with Crippen LogP contribution in [-0.4, -0.2) is 25.2 Å². The van der Waals surface area contributed by atoms with Crippen molar-refractivity contribution < 1.29 is 9.53 Å². The Labute approximate surface area is 92.9 Å². The highest BCUT2D eigenvalue weighted by atomic mass is 16.5. The maximum absolute atomic E-state index is 11.6. The van der Waals surface area contributed by atoms with Gasteiger partial charge in [0.1, 0.15) is 6.04 Å². The lowest BCUT2D eigenvalue weighted by molar-refractivity contribution is -0.147. The average Bonchev–Trinajstić information content (AvgIpc) is 2.19. The van der Waals surface area contributed by atoms with Crippen LogP contribution in [0.4, 0.5) is 0 Å². The van der Waals surface area contributed by atoms with E-state index in [2.05, 4.69) is 25.7 Å². The highest BCUT2D eigenvalue weighted by Crippen LogP contribution is 2.12. The van der Waals surface area contributed by atoms with Gasteiger partial charge in [-0.1, -0.05) is 26.3 Å². The first-order chi connectivity index (χ1) is 7.17. The zero-order chi connectivity index (χ0) is 11.7. The molecule has 2 atom stereocenters. The van der Waals surface area contributed by atoms with Crippen molar-refractivity contribution in [2.45, 2.75) is 39.7 Å². The summed E-state index contributed by atoms with van der Waals surface area (Å²) in [6.45, 7) is 10.7. The van der Waals surface area contributed by atoms with Crippen molar-refractivity contribution in [3.05, 3.63) is 12.7 Å². The molecule has 2 unspecified atom stereocenters. The lowest BCUT2D eigenvalue weighted by Crippen LogP contribution is -2.43. The molecule has 88 valence electrons. The summed E-state index contributed by atoms with van der Waals surface area (Å²) in [6, 6.07) is -0.206. The lowest BCUT2D eigenvalue weighted by Gasteiger charge is -2.22. The van der Waals surface area contributed by atoms with Crippen LogP contribution in [0.25, 0.3) is 0 Å². The van der Waals surface area contributed by atoms with E-state index in [0.29, 0.717) is 19.1 Å². The van der Waals surface area contributed by atoms with E-state index in [-0.39, 0.29) is 12.0 Å². The van der Waals surface area contributed by atoms with Crippen LogP contribution in [0.5, 0.6) is 0 Å². The summed E-state index contributed by atoms with van der Waals surface area (Å²) in [6.07, 6.45) is 3.85. The maximum Gasteiger partial charge on any atom is 0.323 e. The summed E-state index contributed by atoms with van der Waals surface area (Å²) in [5.74, 6) is 0.148. The summed E-state index contributed by atoms with van der Waals surface area (Å²) in [5.41, 5.74) is 0. The minimum Gasteiger partial charge on any atom is -0.465 e. The van der Waals surface area contributed by atoms with Crippen LogP contribution in [0, 0.1) is 5.92 Å². The molecule has 0 saturated heterocycles. The van der Waals surface area contributed by atoms with Crippen LogP contribution in [0.15, 0.2) is 12.7 Å². The zero-order valence-electron chi connectivity index (χ0n) is 10.1. The standard InChI is InChI=1S/C12H23NO2/c1-5-8-10(4)11(13-9-6-2)12(14)15-7-3/h6,10-11,13H,2,5,7-9H2,1,3-4H3. The van der Waals surface area contributed by atoms with E-state index in [1.807, 2.05) is 6.92 Å². The maximum atomic E-state index is 11.6. The van der Waals surface area contributed by atoms with Gasteiger partial charge in [-0.15, -0.1) is 6.58 Å². The molecule has 0 aromatic carbocycles. The molecule has 3 heteroatoms. The van der Waals surface area contributed by atoms with Gasteiger partial charge in [0, 0.05) is 6.54 Å². The number of nitrogens with one attached hydrogen (secondary N) is 1. The SMILES string of the molecule is C=CCNC(C(=O)OCC)C(C)CCC. The van der Waals surface area contributed by atoms with E-state index >= 15 is 0 Å². The molecule has 0 amide bonds. The zero-order valence-corrected chi connectivity index (χ0v) is 10.1. The first-order valence-corrected chi connectivity index (χ1v) is 5.68. The van der Waals surface area contributed by atoms with E-state index in [4.69, 9.17) is 4.74 Å². The van der Waals surface area contributed by atoms with Crippen molar-refractivity contribution in [1.82, 2.24) is 5.32 Å². The number of carbonyl (C=O) groups excluding carboxylic acids is 1. The van der Waals surface area contributed by atoms with Gasteiger partial charge in [0.05, 0.1) is 6.61 Å². The molecule has 0 rings (SSSR count). The van der Waals surface area contributed by atoms with Crippen molar-refractivity contribution in [2.75, 3.05) is 13.2 Å². The Hall–Kier alpha value is -0.830. The van der Waals surface area contributed by atoms with Crippen molar-refractivity contribution in [1.29, 1.82) is 0 Å². The average molecular weight is 213 g/mol. The van der Waals surface area contributed by atoms with Gasteiger partial charge in [-0.2, -0.15) is 0 Å². The van der Waals surface area contributed by atoms with Gasteiger partial charge in [0.15, 0.2) is 0 Å². The Bertz CT molecular complexity index is 192. The molecule has 0 aliphatic rings. The van der Waals surface area contributed by atoms with E-state index in [1.165, 1.54) is 0 Å². The molecule has 1 N–H and O–H groups in total. The number of hydrogen-bond acceptors (Lipinski definition) is 3. The molecule has 0 aliphatic heterocycles. The van der Waals surface area contributed by atoms with E-state index < -0.39 is 0 Å². The summed E-state index contributed by atoms with van der Waals surface area (Å²) < 4.78 is 5.03. The molecular weight excluding hydrogens is 190 g/mol. The molecule has 0 aliphatic carbocycles. The van der Waals surface area contributed by atoms with Crippen molar-refractivity contribution >= 4 is 5.97 Å². The molecule has 0 fully saturated rings. The van der Waals surface area contributed by atoms with Crippen LogP contribution in [0.3, 0.4) is 0 Å². The molecular formula is C12H23NO2. The Balaban J connectivity index is 4.27. The molecule has 0 aromatic heterocycles. The second kappa shape index (κ2) is 8.48. The van der Waals surface area contributed by atoms with Crippen molar-refractivity contribution in [3.8, 4) is 0 Å². The number of esters is 1. The fourth-order valence-electron chi connectivity index (χ4n) is 1.58. The summed E-state index contributed by atoms with van der Waals surface area (Å²) in [4.78, 5) is 11.6. The van der Waals surface area contributed by atoms with Gasteiger partial charge >= 0.3 is 5.97 Å². The van der Waals surface area contributed by atoms with Crippen LogP contribution in [0.1, 0.15) is 33.6 Å². The fraction of sp³-hybridized carbons (Fsp3) is 0.750. The van der Waals surface area contributed by atoms with Crippen LogP contribution in [0.2, 0.25) is 0 Å². The van der Waals surface area contributed by atoms with Crippen LogP contribution < -0.4 is 5.32 Å². The van der Waals surface area contributed by atoms with E-state index in [9.17, 15) is 4.79 Å². The molecule has 0 spiro atoms. The van der Waals surface area contributed by atoms with Crippen molar-refractivity contribution in [3.63, 3.8) is 0 Å². The number of rotatable bonds is 8. The quantitative estimate of drug-likeness (QED) is 0.496. The topological polar surface area (TPSA) is 38.3 Å². The highest BCUT2D eigenvalue weighted by molar-refractivity contribution is 5.76. The summed E-state index contributed by atoms with van der Waals surface area (Å²) in [5, 5.41) is 3.15. The number of hydrogen-bond donors (Lipinski definition) is 1. The third-order valence-electron chi connectivity index (χ3n) is 2.34. The van der Waals surface area contributed by atoms with Crippen LogP contribution >= 0.6 is 0 Å². The summed E-state index contributed by atoms with van der Waals surface area (Å²) >= 11 is 0. The van der Waals surface area contributed by atoms with Gasteiger partial charge in [0.2, 0.25) is 0 Å². The molecule has 0 radical (unpaired) electrons. The van der Waals surface area contributed by atoms with Gasteiger partial charge in [-0.3, -0.25) is 4.79 Å². The third kappa shape index (κ3) is 5.57. The van der Waals surface area contributed by atoms with Gasteiger partial charge in [0.25, 0.3) is 0 Å². The molecule has 15 heavy (non-hydrogen) atoms. The predicted octanol–water partition coefficient (Wildman–Crippen LogP) is 2.13. The minimum atomic E-state index is -0.206.